The molecule has 0 saturated heterocycles. The van der Waals surface area contributed by atoms with Crippen LogP contribution in [0.4, 0.5) is 0 Å². The lowest BCUT2D eigenvalue weighted by Crippen LogP contribution is -2.28. The Morgan fingerprint density at radius 3 is 2.00 bits per heavy atom. The first kappa shape index (κ1) is 18.7. The van der Waals surface area contributed by atoms with Crippen LogP contribution in [0.1, 0.15) is 20.8 Å². The molecule has 0 aliphatic carbocycles. The Balaban J connectivity index is 0.000000396. The zero-order valence-electron chi connectivity index (χ0n) is 12.2. The highest BCUT2D eigenvalue weighted by atomic mass is 32.2. The van der Waals surface area contributed by atoms with Crippen molar-refractivity contribution >= 4 is 10.0 Å². The van der Waals surface area contributed by atoms with Gasteiger partial charge in [0.15, 0.2) is 0 Å². The maximum absolute atomic E-state index is 10.3. The molecule has 6 nitrogen and oxygen atoms in total. The van der Waals surface area contributed by atoms with Crippen molar-refractivity contribution < 1.29 is 23.4 Å². The molecule has 1 rings (SSSR count). The van der Waals surface area contributed by atoms with E-state index in [9.17, 15) is 8.42 Å². The number of aromatic hydroxyl groups is 1. The first-order valence-electron chi connectivity index (χ1n) is 6.17. The molecule has 0 amide bonds. The summed E-state index contributed by atoms with van der Waals surface area (Å²) in [6, 6.07) is 6.38. The largest absolute Gasteiger partial charge is 0.508 e. The van der Waals surface area contributed by atoms with Gasteiger partial charge in [-0.05, 0) is 45.0 Å². The number of aliphatic hydroxyl groups excluding tert-OH is 1. The Morgan fingerprint density at radius 2 is 1.70 bits per heavy atom. The molecule has 0 radical (unpaired) electrons. The first-order valence-corrected chi connectivity index (χ1v) is 8.06. The molecule has 7 heteroatoms. The monoisotopic (exact) mass is 305 g/mol. The second kappa shape index (κ2) is 8.78. The normalized spacial score (nSPS) is 12.5. The van der Waals surface area contributed by atoms with Gasteiger partial charge in [0.05, 0.1) is 12.4 Å². The fourth-order valence-electron chi connectivity index (χ4n) is 1.19. The van der Waals surface area contributed by atoms with Crippen molar-refractivity contribution in [3.05, 3.63) is 24.3 Å². The van der Waals surface area contributed by atoms with Crippen molar-refractivity contribution in [3.8, 4) is 11.5 Å². The molecule has 0 aromatic heterocycles. The van der Waals surface area contributed by atoms with Crippen LogP contribution < -0.4 is 9.46 Å². The van der Waals surface area contributed by atoms with Crippen LogP contribution in [0.25, 0.3) is 0 Å². The number of ether oxygens (including phenoxy) is 1. The van der Waals surface area contributed by atoms with E-state index in [-0.39, 0.29) is 18.4 Å². The molecule has 0 aliphatic heterocycles. The Bertz CT molecular complexity index is 468. The third kappa shape index (κ3) is 11.8. The second-order valence-electron chi connectivity index (χ2n) is 4.70. The molecule has 1 atom stereocenters. The highest BCUT2D eigenvalue weighted by Crippen LogP contribution is 2.15. The van der Waals surface area contributed by atoms with Gasteiger partial charge in [0.2, 0.25) is 10.0 Å². The van der Waals surface area contributed by atoms with E-state index >= 15 is 0 Å². The number of sulfonamides is 1. The number of hydrogen-bond donors (Lipinski definition) is 3. The molecule has 116 valence electrons. The lowest BCUT2D eigenvalue weighted by atomic mass is 10.3. The number of aliphatic hydroxyl groups is 1. The van der Waals surface area contributed by atoms with E-state index in [2.05, 4.69) is 4.72 Å². The van der Waals surface area contributed by atoms with Crippen molar-refractivity contribution in [2.75, 3.05) is 12.9 Å². The maximum atomic E-state index is 10.3. The van der Waals surface area contributed by atoms with Crippen LogP contribution in [0, 0.1) is 0 Å². The summed E-state index contributed by atoms with van der Waals surface area (Å²) in [7, 11) is -2.97. The molecule has 1 aromatic carbocycles. The maximum Gasteiger partial charge on any atom is 0.208 e. The van der Waals surface area contributed by atoms with E-state index < -0.39 is 16.1 Å². The van der Waals surface area contributed by atoms with Crippen molar-refractivity contribution in [1.29, 1.82) is 0 Å². The third-order valence-electron chi connectivity index (χ3n) is 1.78. The molecule has 0 heterocycles. The molecule has 0 fully saturated rings. The number of phenolic OH excluding ortho intramolecular Hbond substituents is 1. The van der Waals surface area contributed by atoms with Gasteiger partial charge < -0.3 is 14.9 Å². The van der Waals surface area contributed by atoms with Gasteiger partial charge in [0.25, 0.3) is 0 Å². The van der Waals surface area contributed by atoms with Gasteiger partial charge in [0, 0.05) is 6.04 Å². The van der Waals surface area contributed by atoms with Crippen LogP contribution in [-0.4, -0.2) is 43.6 Å². The number of benzene rings is 1. The number of phenols is 1. The molecule has 0 saturated carbocycles. The summed E-state index contributed by atoms with van der Waals surface area (Å²) in [5, 5.41) is 17.8. The summed E-state index contributed by atoms with van der Waals surface area (Å²) in [4.78, 5) is 0. The third-order valence-corrected chi connectivity index (χ3v) is 2.68. The van der Waals surface area contributed by atoms with E-state index in [0.717, 1.165) is 6.26 Å². The average molecular weight is 305 g/mol. The zero-order chi connectivity index (χ0) is 15.8. The van der Waals surface area contributed by atoms with Crippen LogP contribution in [-0.2, 0) is 10.0 Å². The van der Waals surface area contributed by atoms with E-state index in [0.29, 0.717) is 5.75 Å². The molecule has 1 aromatic rings. The first-order chi connectivity index (χ1) is 9.10. The average Bonchev–Trinajstić information content (AvgIpc) is 2.25. The minimum Gasteiger partial charge on any atom is -0.508 e. The van der Waals surface area contributed by atoms with Crippen LogP contribution >= 0.6 is 0 Å². The molecular weight excluding hydrogens is 282 g/mol. The molecule has 0 aliphatic rings. The van der Waals surface area contributed by atoms with E-state index in [1.807, 2.05) is 0 Å². The highest BCUT2D eigenvalue weighted by molar-refractivity contribution is 7.88. The van der Waals surface area contributed by atoms with E-state index in [4.69, 9.17) is 14.9 Å². The Kier molecular flexibility index (Phi) is 8.21. The van der Waals surface area contributed by atoms with E-state index in [1.54, 1.807) is 32.9 Å². The number of nitrogens with one attached hydrogen (secondary N) is 1. The van der Waals surface area contributed by atoms with Crippen molar-refractivity contribution in [2.24, 2.45) is 0 Å². The summed E-state index contributed by atoms with van der Waals surface area (Å²) in [5.41, 5.74) is 0. The smallest absolute Gasteiger partial charge is 0.208 e. The predicted molar refractivity (Wildman–Crippen MR) is 78.4 cm³/mol. The summed E-state index contributed by atoms with van der Waals surface area (Å²) in [6.45, 7) is 5.48. The molecule has 1 unspecified atom stereocenters. The van der Waals surface area contributed by atoms with Gasteiger partial charge in [-0.1, -0.05) is 0 Å². The topological polar surface area (TPSA) is 95.9 Å². The highest BCUT2D eigenvalue weighted by Gasteiger charge is 2.00. The molecule has 0 bridgehead atoms. The van der Waals surface area contributed by atoms with Crippen molar-refractivity contribution in [3.63, 3.8) is 0 Å². The van der Waals surface area contributed by atoms with Crippen LogP contribution in [0.5, 0.6) is 11.5 Å². The van der Waals surface area contributed by atoms with Crippen LogP contribution in [0.2, 0.25) is 0 Å². The Morgan fingerprint density at radius 1 is 1.20 bits per heavy atom. The lowest BCUT2D eigenvalue weighted by Gasteiger charge is -2.07. The second-order valence-corrected chi connectivity index (χ2v) is 6.48. The minimum absolute atomic E-state index is 0.00463. The minimum atomic E-state index is -2.97. The standard InChI is InChI=1S/C9H12O3.C4H11NO2S/c1-7(10)6-12-9-4-2-8(11)3-5-9;1-4(2)5-8(3,6)7/h2-5,7,10-11H,6H2,1H3;4-5H,1-3H3. The fourth-order valence-corrected chi connectivity index (χ4v) is 2.04. The molecule has 0 spiro atoms. The van der Waals surface area contributed by atoms with Crippen LogP contribution in [0.3, 0.4) is 0 Å². The summed E-state index contributed by atoms with van der Waals surface area (Å²) < 4.78 is 28.2. The summed E-state index contributed by atoms with van der Waals surface area (Å²) in [5.74, 6) is 0.855. The van der Waals surface area contributed by atoms with Crippen molar-refractivity contribution in [1.82, 2.24) is 4.72 Å². The van der Waals surface area contributed by atoms with Gasteiger partial charge in [0.1, 0.15) is 18.1 Å². The van der Waals surface area contributed by atoms with Crippen LogP contribution in [0.15, 0.2) is 24.3 Å². The zero-order valence-corrected chi connectivity index (χ0v) is 13.0. The lowest BCUT2D eigenvalue weighted by molar-refractivity contribution is 0.122. The summed E-state index contributed by atoms with van der Waals surface area (Å²) >= 11 is 0. The molecular formula is C13H23NO5S. The molecule has 20 heavy (non-hydrogen) atoms. The molecule has 3 N–H and O–H groups in total. The van der Waals surface area contributed by atoms with Gasteiger partial charge in [-0.3, -0.25) is 0 Å². The fraction of sp³-hybridized carbons (Fsp3) is 0.538. The van der Waals surface area contributed by atoms with Gasteiger partial charge in [-0.2, -0.15) is 0 Å². The SMILES string of the molecule is CC(C)NS(C)(=O)=O.CC(O)COc1ccc(O)cc1. The van der Waals surface area contributed by atoms with Gasteiger partial charge in [-0.15, -0.1) is 0 Å². The van der Waals surface area contributed by atoms with Gasteiger partial charge >= 0.3 is 0 Å². The summed E-state index contributed by atoms with van der Waals surface area (Å²) in [6.07, 6.45) is 0.673. The number of rotatable bonds is 5. The predicted octanol–water partition coefficient (Wildman–Crippen LogP) is 1.10. The Hall–Kier alpha value is -1.31. The number of hydrogen-bond acceptors (Lipinski definition) is 5. The van der Waals surface area contributed by atoms with Crippen molar-refractivity contribution in [2.45, 2.75) is 32.9 Å². The Labute approximate surface area is 120 Å². The van der Waals surface area contributed by atoms with E-state index in [1.165, 1.54) is 12.1 Å². The van der Waals surface area contributed by atoms with Gasteiger partial charge in [-0.25, -0.2) is 13.1 Å². The quantitative estimate of drug-likeness (QED) is 0.757.